The second-order valence-electron chi connectivity index (χ2n) is 9.52. The van der Waals surface area contributed by atoms with E-state index in [1.54, 1.807) is 4.90 Å². The number of ether oxygens (including phenoxy) is 1. The molecule has 1 fully saturated rings. The lowest BCUT2D eigenvalue weighted by atomic mass is 10.1. The molecule has 5 rings (SSSR count). The van der Waals surface area contributed by atoms with Crippen molar-refractivity contribution >= 4 is 27.1 Å². The number of anilines is 1. The Kier molecular flexibility index (Phi) is 7.75. The van der Waals surface area contributed by atoms with Crippen molar-refractivity contribution in [3.63, 3.8) is 0 Å². The predicted octanol–water partition coefficient (Wildman–Crippen LogP) is 4.27. The summed E-state index contributed by atoms with van der Waals surface area (Å²) < 4.78 is 75.1. The van der Waals surface area contributed by atoms with E-state index < -0.39 is 39.4 Å². The van der Waals surface area contributed by atoms with Crippen molar-refractivity contribution in [2.24, 2.45) is 0 Å². The van der Waals surface area contributed by atoms with E-state index in [0.29, 0.717) is 42.9 Å². The number of fused-ring (bicyclic) bond motifs is 1. The van der Waals surface area contributed by atoms with Gasteiger partial charge in [-0.05, 0) is 37.0 Å². The SMILES string of the molecule is CCS(=O)(=O)c1nn(Cc2ccc(F)cc2C(F)F)c2c1CN(c1cnn(C3CCCCO3)c(=O)c1Cl)CC2. The topological polar surface area (TPSA) is 99.3 Å². The van der Waals surface area contributed by atoms with Gasteiger partial charge in [0.25, 0.3) is 12.0 Å². The molecule has 0 N–H and O–H groups in total. The van der Waals surface area contributed by atoms with Crippen LogP contribution in [0.4, 0.5) is 18.9 Å². The lowest BCUT2D eigenvalue weighted by Gasteiger charge is -2.31. The number of rotatable bonds is 7. The molecule has 39 heavy (non-hydrogen) atoms. The first-order valence-electron chi connectivity index (χ1n) is 12.6. The summed E-state index contributed by atoms with van der Waals surface area (Å²) in [7, 11) is -3.79. The van der Waals surface area contributed by atoms with Gasteiger partial charge in [0.15, 0.2) is 21.1 Å². The lowest BCUT2D eigenvalue weighted by Crippen LogP contribution is -2.36. The fourth-order valence-electron chi connectivity index (χ4n) is 5.03. The molecule has 2 aromatic heterocycles. The fraction of sp³-hybridized carbons (Fsp3) is 0.480. The molecule has 14 heteroatoms. The molecule has 4 heterocycles. The molecule has 2 aliphatic heterocycles. The summed E-state index contributed by atoms with van der Waals surface area (Å²) in [5.74, 6) is -1.00. The number of benzene rings is 1. The van der Waals surface area contributed by atoms with Crippen LogP contribution in [0.25, 0.3) is 0 Å². The van der Waals surface area contributed by atoms with E-state index in [4.69, 9.17) is 16.3 Å². The quantitative estimate of drug-likeness (QED) is 0.408. The van der Waals surface area contributed by atoms with Crippen molar-refractivity contribution in [2.75, 3.05) is 23.8 Å². The largest absolute Gasteiger partial charge is 0.364 e. The van der Waals surface area contributed by atoms with Crippen LogP contribution in [-0.2, 0) is 34.1 Å². The van der Waals surface area contributed by atoms with Gasteiger partial charge in [0, 0.05) is 42.9 Å². The summed E-state index contributed by atoms with van der Waals surface area (Å²) in [5.41, 5.74) is 0.484. The standard InChI is InChI=1S/C25H27ClF3N5O4S/c1-2-39(36,37)24-18-14-32(20-12-30-34(25(35)22(20)26)21-5-3-4-10-38-21)9-8-19(18)33(31-24)13-15-6-7-16(27)11-17(15)23(28)29/h6-7,11-12,21,23H,2-5,8-10,13-14H2,1H3. The summed E-state index contributed by atoms with van der Waals surface area (Å²) >= 11 is 6.50. The van der Waals surface area contributed by atoms with Gasteiger partial charge in [-0.1, -0.05) is 24.6 Å². The zero-order chi connectivity index (χ0) is 27.9. The van der Waals surface area contributed by atoms with Crippen LogP contribution in [-0.4, -0.2) is 46.9 Å². The number of hydrogen-bond acceptors (Lipinski definition) is 7. The number of nitrogens with zero attached hydrogens (tertiary/aromatic N) is 5. The third kappa shape index (κ3) is 5.31. The number of aromatic nitrogens is 4. The molecule has 0 spiro atoms. The van der Waals surface area contributed by atoms with Crippen LogP contribution in [0.15, 0.2) is 34.2 Å². The molecule has 0 amide bonds. The Bertz CT molecular complexity index is 1550. The lowest BCUT2D eigenvalue weighted by molar-refractivity contribution is -0.0424. The summed E-state index contributed by atoms with van der Waals surface area (Å²) in [6, 6.07) is 3.11. The Morgan fingerprint density at radius 1 is 1.26 bits per heavy atom. The van der Waals surface area contributed by atoms with Crippen molar-refractivity contribution in [3.8, 4) is 0 Å². The molecule has 0 radical (unpaired) electrons. The Morgan fingerprint density at radius 3 is 2.74 bits per heavy atom. The second kappa shape index (κ2) is 10.9. The van der Waals surface area contributed by atoms with Crippen molar-refractivity contribution in [1.82, 2.24) is 19.6 Å². The van der Waals surface area contributed by atoms with Crippen LogP contribution in [0.3, 0.4) is 0 Å². The highest BCUT2D eigenvalue weighted by molar-refractivity contribution is 7.91. The highest BCUT2D eigenvalue weighted by atomic mass is 35.5. The van der Waals surface area contributed by atoms with Gasteiger partial charge in [-0.3, -0.25) is 9.48 Å². The van der Waals surface area contributed by atoms with Gasteiger partial charge >= 0.3 is 0 Å². The monoisotopic (exact) mass is 585 g/mol. The summed E-state index contributed by atoms with van der Waals surface area (Å²) in [6.07, 6.45) is 0.837. The molecule has 0 aliphatic carbocycles. The second-order valence-corrected chi connectivity index (χ2v) is 12.1. The van der Waals surface area contributed by atoms with E-state index in [-0.39, 0.29) is 34.5 Å². The van der Waals surface area contributed by atoms with Gasteiger partial charge in [0.1, 0.15) is 10.8 Å². The maximum atomic E-state index is 13.6. The van der Waals surface area contributed by atoms with Crippen molar-refractivity contribution in [3.05, 3.63) is 68.0 Å². The molecule has 2 aliphatic rings. The smallest absolute Gasteiger partial charge is 0.290 e. The van der Waals surface area contributed by atoms with E-state index in [1.165, 1.54) is 28.6 Å². The van der Waals surface area contributed by atoms with Gasteiger partial charge in [-0.25, -0.2) is 21.6 Å². The van der Waals surface area contributed by atoms with Crippen LogP contribution in [0.1, 0.15) is 61.2 Å². The number of halogens is 4. The molecule has 210 valence electrons. The molecule has 1 unspecified atom stereocenters. The summed E-state index contributed by atoms with van der Waals surface area (Å²) in [5, 5.41) is 8.41. The van der Waals surface area contributed by atoms with Crippen LogP contribution in [0.2, 0.25) is 5.02 Å². The van der Waals surface area contributed by atoms with Gasteiger partial charge in [0.2, 0.25) is 0 Å². The van der Waals surface area contributed by atoms with Crippen LogP contribution >= 0.6 is 11.6 Å². The first-order chi connectivity index (χ1) is 18.6. The van der Waals surface area contributed by atoms with E-state index in [0.717, 1.165) is 25.0 Å². The average molecular weight is 586 g/mol. The molecular formula is C25H27ClF3N5O4S. The minimum absolute atomic E-state index is 0.0530. The third-order valence-electron chi connectivity index (χ3n) is 7.13. The van der Waals surface area contributed by atoms with E-state index in [9.17, 15) is 26.4 Å². The first-order valence-corrected chi connectivity index (χ1v) is 14.7. The minimum Gasteiger partial charge on any atom is -0.364 e. The fourth-order valence-corrected chi connectivity index (χ4v) is 6.34. The number of sulfone groups is 1. The third-order valence-corrected chi connectivity index (χ3v) is 9.16. The summed E-state index contributed by atoms with van der Waals surface area (Å²) in [6.45, 7) is 2.29. The average Bonchev–Trinajstić information content (AvgIpc) is 3.30. The Balaban J connectivity index is 1.51. The molecule has 1 saturated heterocycles. The molecule has 1 aromatic carbocycles. The molecule has 9 nitrogen and oxygen atoms in total. The van der Waals surface area contributed by atoms with Gasteiger partial charge in [-0.15, -0.1) is 0 Å². The molecule has 1 atom stereocenters. The Morgan fingerprint density at radius 2 is 2.05 bits per heavy atom. The zero-order valence-corrected chi connectivity index (χ0v) is 22.7. The van der Waals surface area contributed by atoms with Gasteiger partial charge < -0.3 is 9.64 Å². The van der Waals surface area contributed by atoms with Crippen LogP contribution in [0.5, 0.6) is 0 Å². The van der Waals surface area contributed by atoms with Crippen molar-refractivity contribution in [2.45, 2.75) is 63.4 Å². The van der Waals surface area contributed by atoms with Gasteiger partial charge in [0.05, 0.1) is 24.2 Å². The summed E-state index contributed by atoms with van der Waals surface area (Å²) in [4.78, 5) is 14.8. The van der Waals surface area contributed by atoms with E-state index >= 15 is 0 Å². The highest BCUT2D eigenvalue weighted by Gasteiger charge is 2.32. The number of hydrogen-bond donors (Lipinski definition) is 0. The number of alkyl halides is 2. The van der Waals surface area contributed by atoms with Crippen molar-refractivity contribution < 1.29 is 26.3 Å². The molecule has 0 bridgehead atoms. The first kappa shape index (κ1) is 27.7. The Hall–Kier alpha value is -2.90. The highest BCUT2D eigenvalue weighted by Crippen LogP contribution is 2.33. The predicted molar refractivity (Wildman–Crippen MR) is 138 cm³/mol. The normalized spacial score (nSPS) is 18.0. The molecule has 0 saturated carbocycles. The van der Waals surface area contributed by atoms with Crippen LogP contribution in [0, 0.1) is 5.82 Å². The molecular weight excluding hydrogens is 559 g/mol. The zero-order valence-electron chi connectivity index (χ0n) is 21.1. The molecule has 3 aromatic rings. The van der Waals surface area contributed by atoms with E-state index in [1.807, 2.05) is 0 Å². The van der Waals surface area contributed by atoms with Crippen LogP contribution < -0.4 is 10.5 Å². The Labute approximate surface area is 228 Å². The maximum absolute atomic E-state index is 13.6. The van der Waals surface area contributed by atoms with E-state index in [2.05, 4.69) is 10.2 Å². The maximum Gasteiger partial charge on any atom is 0.290 e. The minimum atomic E-state index is -3.79. The van der Waals surface area contributed by atoms with Gasteiger partial charge in [-0.2, -0.15) is 14.9 Å². The van der Waals surface area contributed by atoms with Crippen molar-refractivity contribution in [1.29, 1.82) is 0 Å².